The molecule has 1 fully saturated rings. The van der Waals surface area contributed by atoms with Crippen molar-refractivity contribution in [2.24, 2.45) is 0 Å². The minimum Gasteiger partial charge on any atom is -0.376 e. The third kappa shape index (κ3) is 4.51. The first kappa shape index (κ1) is 18.5. The van der Waals surface area contributed by atoms with Crippen molar-refractivity contribution in [3.8, 4) is 17.2 Å². The number of nitrogens with one attached hydrogen (secondary N) is 2. The average Bonchev–Trinajstić information content (AvgIpc) is 3.05. The van der Waals surface area contributed by atoms with E-state index in [0.717, 1.165) is 48.5 Å². The summed E-state index contributed by atoms with van der Waals surface area (Å²) in [5.74, 6) is 0. The largest absolute Gasteiger partial charge is 0.376 e. The minimum atomic E-state index is -0.240. The molecule has 2 atom stereocenters. The molecule has 1 aliphatic rings. The van der Waals surface area contributed by atoms with Gasteiger partial charge in [-0.05, 0) is 46.7 Å². The first-order valence-electron chi connectivity index (χ1n) is 9.54. The van der Waals surface area contributed by atoms with Gasteiger partial charge in [-0.25, -0.2) is 4.52 Å². The van der Waals surface area contributed by atoms with Crippen molar-refractivity contribution in [1.29, 1.82) is 5.26 Å². The zero-order chi connectivity index (χ0) is 19.2. The van der Waals surface area contributed by atoms with Crippen LogP contribution in [-0.4, -0.2) is 58.4 Å². The van der Waals surface area contributed by atoms with Gasteiger partial charge in [-0.1, -0.05) is 24.3 Å². The Bertz CT molecular complexity index is 939. The van der Waals surface area contributed by atoms with Crippen LogP contribution in [0.4, 0.5) is 0 Å². The lowest BCUT2D eigenvalue weighted by Gasteiger charge is -2.18. The summed E-state index contributed by atoms with van der Waals surface area (Å²) < 4.78 is 7.44. The van der Waals surface area contributed by atoms with Crippen LogP contribution in [-0.2, 0) is 11.2 Å². The number of nitrogens with zero attached hydrogens (tertiary/aromatic N) is 5. The zero-order valence-electron chi connectivity index (χ0n) is 15.6. The number of hydrogen-bond donors (Lipinski definition) is 2. The van der Waals surface area contributed by atoms with E-state index in [4.69, 9.17) is 4.74 Å². The summed E-state index contributed by atoms with van der Waals surface area (Å²) in [6.07, 6.45) is 3.71. The van der Waals surface area contributed by atoms with E-state index in [-0.39, 0.29) is 12.1 Å². The van der Waals surface area contributed by atoms with E-state index in [2.05, 4.69) is 56.5 Å². The summed E-state index contributed by atoms with van der Waals surface area (Å²) in [6, 6.07) is 14.3. The molecule has 0 spiro atoms. The zero-order valence-corrected chi connectivity index (χ0v) is 15.6. The predicted octanol–water partition coefficient (Wildman–Crippen LogP) is 1.19. The Kier molecular flexibility index (Phi) is 5.87. The normalized spacial score (nSPS) is 18.5. The molecule has 8 nitrogen and oxygen atoms in total. The number of rotatable bonds is 6. The molecule has 3 heterocycles. The van der Waals surface area contributed by atoms with Crippen LogP contribution in [0.3, 0.4) is 0 Å². The molecular weight excluding hydrogens is 354 g/mol. The van der Waals surface area contributed by atoms with Crippen LogP contribution in [0.2, 0.25) is 0 Å². The molecule has 3 aromatic rings. The molecule has 144 valence electrons. The molecule has 28 heavy (non-hydrogen) atoms. The lowest BCUT2D eigenvalue weighted by molar-refractivity contribution is 0.0660. The second-order valence-corrected chi connectivity index (χ2v) is 6.94. The molecule has 4 rings (SSSR count). The van der Waals surface area contributed by atoms with Gasteiger partial charge in [-0.15, -0.1) is 5.10 Å². The fourth-order valence-electron chi connectivity index (χ4n) is 3.32. The molecule has 0 bridgehead atoms. The highest BCUT2D eigenvalue weighted by molar-refractivity contribution is 5.64. The first-order chi connectivity index (χ1) is 13.8. The average molecular weight is 377 g/mol. The maximum Gasteiger partial charge on any atom is 0.179 e. The van der Waals surface area contributed by atoms with Gasteiger partial charge in [0.05, 0.1) is 18.2 Å². The van der Waals surface area contributed by atoms with E-state index < -0.39 is 0 Å². The maximum atomic E-state index is 9.49. The van der Waals surface area contributed by atoms with E-state index in [0.29, 0.717) is 13.0 Å². The molecule has 0 radical (unpaired) electrons. The van der Waals surface area contributed by atoms with Crippen molar-refractivity contribution >= 4 is 5.65 Å². The van der Waals surface area contributed by atoms with Crippen molar-refractivity contribution < 1.29 is 4.74 Å². The predicted molar refractivity (Wildman–Crippen MR) is 105 cm³/mol. The molecule has 0 amide bonds. The molecule has 2 aromatic heterocycles. The Labute approximate surface area is 163 Å². The number of aromatic nitrogens is 4. The van der Waals surface area contributed by atoms with Crippen LogP contribution >= 0.6 is 0 Å². The molecule has 8 heteroatoms. The lowest BCUT2D eigenvalue weighted by atomic mass is 10.0. The number of fused-ring (bicyclic) bond motifs is 1. The summed E-state index contributed by atoms with van der Waals surface area (Å²) >= 11 is 0. The highest BCUT2D eigenvalue weighted by Gasteiger charge is 2.15. The van der Waals surface area contributed by atoms with Gasteiger partial charge in [0.25, 0.3) is 0 Å². The topological polar surface area (TPSA) is 100 Å². The molecule has 1 saturated heterocycles. The van der Waals surface area contributed by atoms with Crippen molar-refractivity contribution in [3.63, 3.8) is 0 Å². The van der Waals surface area contributed by atoms with Crippen molar-refractivity contribution in [2.45, 2.75) is 25.0 Å². The maximum absolute atomic E-state index is 9.49. The Hall–Kier alpha value is -2.86. The van der Waals surface area contributed by atoms with Gasteiger partial charge < -0.3 is 10.1 Å². The summed E-state index contributed by atoms with van der Waals surface area (Å²) in [6.45, 7) is 3.26. The van der Waals surface area contributed by atoms with Crippen LogP contribution < -0.4 is 10.6 Å². The summed E-state index contributed by atoms with van der Waals surface area (Å²) in [5, 5.41) is 27.7. The van der Waals surface area contributed by atoms with Gasteiger partial charge in [0.1, 0.15) is 0 Å². The van der Waals surface area contributed by atoms with Gasteiger partial charge >= 0.3 is 0 Å². The van der Waals surface area contributed by atoms with Crippen LogP contribution in [0.5, 0.6) is 0 Å². The van der Waals surface area contributed by atoms with Gasteiger partial charge in [-0.2, -0.15) is 5.26 Å². The van der Waals surface area contributed by atoms with E-state index in [1.165, 1.54) is 0 Å². The molecule has 0 saturated carbocycles. The summed E-state index contributed by atoms with van der Waals surface area (Å²) in [7, 11) is 0. The quantitative estimate of drug-likeness (QED) is 0.666. The lowest BCUT2D eigenvalue weighted by Crippen LogP contribution is -2.40. The fourth-order valence-corrected chi connectivity index (χ4v) is 3.32. The number of nitriles is 1. The molecule has 1 aliphatic heterocycles. The van der Waals surface area contributed by atoms with Crippen LogP contribution in [0.1, 0.15) is 12.0 Å². The summed E-state index contributed by atoms with van der Waals surface area (Å²) in [4.78, 5) is 0. The molecule has 2 N–H and O–H groups in total. The minimum absolute atomic E-state index is 0.113. The van der Waals surface area contributed by atoms with Crippen LogP contribution in [0.15, 0.2) is 42.6 Å². The van der Waals surface area contributed by atoms with E-state index in [1.807, 2.05) is 18.3 Å². The number of hydrogen-bond acceptors (Lipinski definition) is 7. The van der Waals surface area contributed by atoms with Crippen molar-refractivity contribution in [2.75, 3.05) is 26.2 Å². The van der Waals surface area contributed by atoms with Gasteiger partial charge in [0, 0.05) is 37.9 Å². The number of benzene rings is 1. The second kappa shape index (κ2) is 8.89. The molecule has 1 aromatic carbocycles. The van der Waals surface area contributed by atoms with E-state index in [1.54, 1.807) is 4.52 Å². The van der Waals surface area contributed by atoms with Crippen molar-refractivity contribution in [3.05, 3.63) is 48.2 Å². The standard InChI is InChI=1S/C20H23N7O/c21-11-18(23-13-19-12-22-8-1-9-28-19)10-15-2-4-16(5-3-15)17-6-7-20-24-25-26-27(20)14-17/h2-7,14,18-19,22-23H,1,8-10,12-13H2/t18-,19?/m0/s1. The van der Waals surface area contributed by atoms with E-state index >= 15 is 0 Å². The Balaban J connectivity index is 1.36. The second-order valence-electron chi connectivity index (χ2n) is 6.94. The Morgan fingerprint density at radius 1 is 1.25 bits per heavy atom. The fraction of sp³-hybridized carbons (Fsp3) is 0.400. The number of pyridine rings is 1. The van der Waals surface area contributed by atoms with Gasteiger partial charge in [0.15, 0.2) is 5.65 Å². The SMILES string of the molecule is N#C[C@H](Cc1ccc(-c2ccc3nnnn3c2)cc1)NCC1CNCCCO1. The van der Waals surface area contributed by atoms with Gasteiger partial charge in [0.2, 0.25) is 0 Å². The van der Waals surface area contributed by atoms with Crippen molar-refractivity contribution in [1.82, 2.24) is 30.7 Å². The van der Waals surface area contributed by atoms with Crippen LogP contribution in [0.25, 0.3) is 16.8 Å². The number of tetrazole rings is 1. The third-order valence-electron chi connectivity index (χ3n) is 4.89. The first-order valence-corrected chi connectivity index (χ1v) is 9.54. The highest BCUT2D eigenvalue weighted by atomic mass is 16.5. The Morgan fingerprint density at radius 2 is 2.11 bits per heavy atom. The molecular formula is C20H23N7O. The van der Waals surface area contributed by atoms with Crippen LogP contribution in [0, 0.1) is 11.3 Å². The monoisotopic (exact) mass is 377 g/mol. The highest BCUT2D eigenvalue weighted by Crippen LogP contribution is 2.20. The smallest absolute Gasteiger partial charge is 0.179 e. The molecule has 1 unspecified atom stereocenters. The summed E-state index contributed by atoms with van der Waals surface area (Å²) in [5.41, 5.74) is 3.96. The third-order valence-corrected chi connectivity index (χ3v) is 4.89. The van der Waals surface area contributed by atoms with Gasteiger partial charge in [-0.3, -0.25) is 5.32 Å². The van der Waals surface area contributed by atoms with E-state index in [9.17, 15) is 5.26 Å². The number of ether oxygens (including phenoxy) is 1. The Morgan fingerprint density at radius 3 is 2.96 bits per heavy atom. The molecule has 0 aliphatic carbocycles.